The number of hydrogen-bond acceptors (Lipinski definition) is 3. The van der Waals surface area contributed by atoms with E-state index in [1.807, 2.05) is 10.9 Å². The Bertz CT molecular complexity index is 289. The molecule has 4 nitrogen and oxygen atoms in total. The van der Waals surface area contributed by atoms with Gasteiger partial charge in [-0.2, -0.15) is 5.10 Å². The summed E-state index contributed by atoms with van der Waals surface area (Å²) in [5.41, 5.74) is 6.79. The molecule has 15 heavy (non-hydrogen) atoms. The van der Waals surface area contributed by atoms with Gasteiger partial charge in [-0.15, -0.1) is 0 Å². The Morgan fingerprint density at radius 3 is 2.80 bits per heavy atom. The first-order valence-corrected chi connectivity index (χ1v) is 5.82. The minimum absolute atomic E-state index is 0.658. The third-order valence-corrected chi connectivity index (χ3v) is 2.90. The topological polar surface area (TPSA) is 47.1 Å². The van der Waals surface area contributed by atoms with E-state index < -0.39 is 0 Å². The van der Waals surface area contributed by atoms with Crippen LogP contribution in [0.15, 0.2) is 12.4 Å². The smallest absolute Gasteiger partial charge is 0.0534 e. The van der Waals surface area contributed by atoms with Gasteiger partial charge in [-0.3, -0.25) is 9.58 Å². The lowest BCUT2D eigenvalue weighted by molar-refractivity contribution is 0.221. The molecule has 0 unspecified atom stereocenters. The molecular weight excluding hydrogens is 188 g/mol. The number of aromatic nitrogens is 2. The van der Waals surface area contributed by atoms with Crippen LogP contribution in [0.2, 0.25) is 0 Å². The van der Waals surface area contributed by atoms with Crippen LogP contribution in [-0.4, -0.2) is 34.3 Å². The van der Waals surface area contributed by atoms with Crippen molar-refractivity contribution in [3.05, 3.63) is 18.0 Å². The van der Waals surface area contributed by atoms with Gasteiger partial charge in [0.1, 0.15) is 0 Å². The summed E-state index contributed by atoms with van der Waals surface area (Å²) >= 11 is 0. The molecular formula is C11H20N4. The van der Waals surface area contributed by atoms with Gasteiger partial charge in [-0.25, -0.2) is 0 Å². The monoisotopic (exact) mass is 208 g/mol. The quantitative estimate of drug-likeness (QED) is 0.797. The van der Waals surface area contributed by atoms with Gasteiger partial charge >= 0.3 is 0 Å². The van der Waals surface area contributed by atoms with Crippen molar-refractivity contribution in [3.63, 3.8) is 0 Å². The predicted molar refractivity (Wildman–Crippen MR) is 60.4 cm³/mol. The number of rotatable bonds is 4. The molecule has 0 radical (unpaired) electrons. The first kappa shape index (κ1) is 10.6. The molecule has 0 aromatic carbocycles. The van der Waals surface area contributed by atoms with Crippen molar-refractivity contribution in [3.8, 4) is 0 Å². The van der Waals surface area contributed by atoms with Gasteiger partial charge < -0.3 is 5.73 Å². The molecule has 0 aliphatic carbocycles. The molecule has 0 bridgehead atoms. The van der Waals surface area contributed by atoms with Gasteiger partial charge in [0.05, 0.1) is 12.7 Å². The molecule has 1 aliphatic heterocycles. The summed E-state index contributed by atoms with van der Waals surface area (Å²) in [7, 11) is 0. The second-order valence-electron chi connectivity index (χ2n) is 4.24. The highest BCUT2D eigenvalue weighted by atomic mass is 15.3. The van der Waals surface area contributed by atoms with E-state index in [4.69, 9.17) is 5.73 Å². The molecule has 0 spiro atoms. The predicted octanol–water partition coefficient (Wildman–Crippen LogP) is 0.828. The maximum absolute atomic E-state index is 5.48. The third kappa shape index (κ3) is 3.04. The largest absolute Gasteiger partial charge is 0.329 e. The van der Waals surface area contributed by atoms with Gasteiger partial charge in [0.15, 0.2) is 0 Å². The highest BCUT2D eigenvalue weighted by molar-refractivity contribution is 5.03. The van der Waals surface area contributed by atoms with Crippen molar-refractivity contribution in [1.29, 1.82) is 0 Å². The van der Waals surface area contributed by atoms with Crippen LogP contribution in [0.3, 0.4) is 0 Å². The van der Waals surface area contributed by atoms with E-state index in [0.29, 0.717) is 6.54 Å². The van der Waals surface area contributed by atoms with Crippen molar-refractivity contribution < 1.29 is 0 Å². The number of hydrogen-bond donors (Lipinski definition) is 1. The van der Waals surface area contributed by atoms with E-state index in [1.165, 1.54) is 37.9 Å². The van der Waals surface area contributed by atoms with Crippen molar-refractivity contribution >= 4 is 0 Å². The molecule has 2 heterocycles. The zero-order valence-corrected chi connectivity index (χ0v) is 9.23. The van der Waals surface area contributed by atoms with Crippen molar-refractivity contribution in [2.75, 3.05) is 19.6 Å². The van der Waals surface area contributed by atoms with E-state index in [2.05, 4.69) is 16.2 Å². The van der Waals surface area contributed by atoms with Crippen LogP contribution in [0, 0.1) is 0 Å². The number of likely N-dealkylation sites (tertiary alicyclic amines) is 1. The number of nitrogens with two attached hydrogens (primary N) is 1. The Labute approximate surface area is 91.1 Å². The summed E-state index contributed by atoms with van der Waals surface area (Å²) < 4.78 is 1.93. The van der Waals surface area contributed by atoms with E-state index in [-0.39, 0.29) is 0 Å². The lowest BCUT2D eigenvalue weighted by Gasteiger charge is -2.25. The lowest BCUT2D eigenvalue weighted by Crippen LogP contribution is -2.28. The summed E-state index contributed by atoms with van der Waals surface area (Å²) in [6, 6.07) is 0. The molecule has 84 valence electrons. The molecule has 1 aromatic rings. The van der Waals surface area contributed by atoms with Crippen LogP contribution >= 0.6 is 0 Å². The van der Waals surface area contributed by atoms with Gasteiger partial charge in [-0.05, 0) is 25.9 Å². The number of nitrogens with zero attached hydrogens (tertiary/aromatic N) is 3. The van der Waals surface area contributed by atoms with Gasteiger partial charge in [0.25, 0.3) is 0 Å². The maximum Gasteiger partial charge on any atom is 0.0534 e. The van der Waals surface area contributed by atoms with Gasteiger partial charge in [0, 0.05) is 24.8 Å². The second kappa shape index (κ2) is 5.28. The van der Waals surface area contributed by atoms with Crippen LogP contribution in [-0.2, 0) is 13.1 Å². The fourth-order valence-corrected chi connectivity index (χ4v) is 2.12. The van der Waals surface area contributed by atoms with Crippen molar-refractivity contribution in [2.24, 2.45) is 5.73 Å². The first-order chi connectivity index (χ1) is 7.38. The van der Waals surface area contributed by atoms with E-state index in [0.717, 1.165) is 13.1 Å². The fourth-order valence-electron chi connectivity index (χ4n) is 2.12. The van der Waals surface area contributed by atoms with Gasteiger partial charge in [0.2, 0.25) is 0 Å². The third-order valence-electron chi connectivity index (χ3n) is 2.90. The van der Waals surface area contributed by atoms with Crippen LogP contribution in [0.5, 0.6) is 0 Å². The fraction of sp³-hybridized carbons (Fsp3) is 0.727. The molecule has 2 rings (SSSR count). The first-order valence-electron chi connectivity index (χ1n) is 5.82. The van der Waals surface area contributed by atoms with Crippen LogP contribution in [0.4, 0.5) is 0 Å². The zero-order valence-electron chi connectivity index (χ0n) is 9.23. The summed E-state index contributed by atoms with van der Waals surface area (Å²) in [5, 5.41) is 4.28. The molecule has 0 amide bonds. The normalized spacial score (nSPS) is 18.2. The standard InChI is InChI=1S/C11H20N4/c12-4-7-15-10-11(8-13-15)9-14-5-2-1-3-6-14/h8,10H,1-7,9,12H2. The second-order valence-corrected chi connectivity index (χ2v) is 4.24. The molecule has 0 saturated carbocycles. The minimum Gasteiger partial charge on any atom is -0.329 e. The molecule has 1 fully saturated rings. The number of piperidine rings is 1. The lowest BCUT2D eigenvalue weighted by atomic mass is 10.1. The average molecular weight is 208 g/mol. The van der Waals surface area contributed by atoms with Crippen LogP contribution in [0.1, 0.15) is 24.8 Å². The average Bonchev–Trinajstić information content (AvgIpc) is 2.68. The van der Waals surface area contributed by atoms with E-state index >= 15 is 0 Å². The Morgan fingerprint density at radius 1 is 1.27 bits per heavy atom. The Morgan fingerprint density at radius 2 is 2.07 bits per heavy atom. The molecule has 2 N–H and O–H groups in total. The Kier molecular flexibility index (Phi) is 3.75. The zero-order chi connectivity index (χ0) is 10.5. The van der Waals surface area contributed by atoms with Crippen LogP contribution in [0.25, 0.3) is 0 Å². The van der Waals surface area contributed by atoms with Gasteiger partial charge in [-0.1, -0.05) is 6.42 Å². The molecule has 4 heteroatoms. The Hall–Kier alpha value is -0.870. The molecule has 1 aliphatic rings. The summed E-state index contributed by atoms with van der Waals surface area (Å²) in [6.07, 6.45) is 8.16. The highest BCUT2D eigenvalue weighted by Gasteiger charge is 2.10. The molecule has 1 aromatic heterocycles. The van der Waals surface area contributed by atoms with Crippen LogP contribution < -0.4 is 5.73 Å². The Balaban J connectivity index is 1.86. The van der Waals surface area contributed by atoms with Crippen molar-refractivity contribution in [2.45, 2.75) is 32.4 Å². The maximum atomic E-state index is 5.48. The SMILES string of the molecule is NCCn1cc(CN2CCCCC2)cn1. The van der Waals surface area contributed by atoms with E-state index in [1.54, 1.807) is 0 Å². The summed E-state index contributed by atoms with van der Waals surface area (Å²) in [5.74, 6) is 0. The highest BCUT2D eigenvalue weighted by Crippen LogP contribution is 2.12. The summed E-state index contributed by atoms with van der Waals surface area (Å²) in [4.78, 5) is 2.51. The minimum atomic E-state index is 0.658. The van der Waals surface area contributed by atoms with E-state index in [9.17, 15) is 0 Å². The summed E-state index contributed by atoms with van der Waals surface area (Å²) in [6.45, 7) is 5.00. The molecule has 1 saturated heterocycles. The van der Waals surface area contributed by atoms with Crippen molar-refractivity contribution in [1.82, 2.24) is 14.7 Å². The molecule has 0 atom stereocenters.